The molecule has 0 aliphatic heterocycles. The zero-order valence-corrected chi connectivity index (χ0v) is 12.9. The molecule has 21 heavy (non-hydrogen) atoms. The van der Waals surface area contributed by atoms with Gasteiger partial charge in [0.1, 0.15) is 6.29 Å². The summed E-state index contributed by atoms with van der Waals surface area (Å²) in [6.07, 6.45) is 3.31. The summed E-state index contributed by atoms with van der Waals surface area (Å²) >= 11 is 6.44. The molecule has 0 fully saturated rings. The molecule has 0 amide bonds. The lowest BCUT2D eigenvalue weighted by Crippen LogP contribution is -2.02. The highest BCUT2D eigenvalue weighted by atomic mass is 35.5. The molecular formula is C17H17ClN2O. The Morgan fingerprint density at radius 3 is 2.62 bits per heavy atom. The number of carbonyl (C=O) groups excluding carboxylic acids is 1. The van der Waals surface area contributed by atoms with Crippen LogP contribution >= 0.6 is 11.6 Å². The molecule has 108 valence electrons. The van der Waals surface area contributed by atoms with Gasteiger partial charge in [0.2, 0.25) is 0 Å². The number of carbonyl (C=O) groups is 1. The van der Waals surface area contributed by atoms with Crippen LogP contribution in [-0.4, -0.2) is 16.1 Å². The van der Waals surface area contributed by atoms with E-state index in [1.165, 1.54) is 5.56 Å². The molecular weight excluding hydrogens is 284 g/mol. The van der Waals surface area contributed by atoms with Gasteiger partial charge in [0.15, 0.2) is 0 Å². The highest BCUT2D eigenvalue weighted by molar-refractivity contribution is 6.51. The highest BCUT2D eigenvalue weighted by Crippen LogP contribution is 2.39. The molecule has 1 aliphatic carbocycles. The molecule has 0 atom stereocenters. The smallest absolute Gasteiger partial charge is 0.147 e. The number of aldehydes is 1. The summed E-state index contributed by atoms with van der Waals surface area (Å²) in [7, 11) is 1.92. The van der Waals surface area contributed by atoms with Gasteiger partial charge in [-0.2, -0.15) is 5.10 Å². The number of aromatic nitrogens is 2. The third-order valence-corrected chi connectivity index (χ3v) is 4.46. The number of fused-ring (bicyclic) bond motifs is 1. The Labute approximate surface area is 129 Å². The molecule has 4 heteroatoms. The number of hydrogen-bond donors (Lipinski definition) is 0. The maximum atomic E-state index is 11.1. The third-order valence-electron chi connectivity index (χ3n) is 4.03. The standard InChI is InChI=1S/C17H17ClN2O/c1-3-11-4-6-12(7-5-11)17-15-14(19-20(17)2)9-8-13(10-21)16(15)18/h4-7,10H,3,8-9H2,1-2H3. The molecule has 0 N–H and O–H groups in total. The van der Waals surface area contributed by atoms with Crippen molar-refractivity contribution in [1.82, 2.24) is 9.78 Å². The lowest BCUT2D eigenvalue weighted by molar-refractivity contribution is -0.105. The van der Waals surface area contributed by atoms with Crippen molar-refractivity contribution in [2.24, 2.45) is 7.05 Å². The average molecular weight is 301 g/mol. The summed E-state index contributed by atoms with van der Waals surface area (Å²) in [5.41, 5.74) is 5.92. The van der Waals surface area contributed by atoms with Crippen molar-refractivity contribution in [2.75, 3.05) is 0 Å². The van der Waals surface area contributed by atoms with Crippen LogP contribution in [0.2, 0.25) is 0 Å². The Hall–Kier alpha value is -1.87. The maximum absolute atomic E-state index is 11.1. The lowest BCUT2D eigenvalue weighted by atomic mass is 9.94. The van der Waals surface area contributed by atoms with Crippen molar-refractivity contribution < 1.29 is 4.79 Å². The number of allylic oxidation sites excluding steroid dienone is 1. The van der Waals surface area contributed by atoms with Gasteiger partial charge in [-0.3, -0.25) is 9.48 Å². The maximum Gasteiger partial charge on any atom is 0.147 e. The SMILES string of the molecule is CCc1ccc(-c2c3c(nn2C)CCC(C=O)=C3Cl)cc1. The van der Waals surface area contributed by atoms with Crippen LogP contribution in [0.25, 0.3) is 16.3 Å². The first-order valence-electron chi connectivity index (χ1n) is 7.15. The van der Waals surface area contributed by atoms with Gasteiger partial charge in [0, 0.05) is 23.7 Å². The molecule has 0 saturated heterocycles. The predicted molar refractivity (Wildman–Crippen MR) is 85.2 cm³/mol. The van der Waals surface area contributed by atoms with E-state index in [9.17, 15) is 4.79 Å². The Bertz CT molecular complexity index is 726. The minimum absolute atomic E-state index is 0.550. The zero-order chi connectivity index (χ0) is 15.0. The number of hydrogen-bond acceptors (Lipinski definition) is 2. The highest BCUT2D eigenvalue weighted by Gasteiger charge is 2.25. The van der Waals surface area contributed by atoms with E-state index in [1.54, 1.807) is 0 Å². The van der Waals surface area contributed by atoms with E-state index in [1.807, 2.05) is 11.7 Å². The molecule has 3 rings (SSSR count). The van der Waals surface area contributed by atoms with E-state index < -0.39 is 0 Å². The molecule has 1 aromatic carbocycles. The number of rotatable bonds is 3. The number of aryl methyl sites for hydroxylation is 3. The van der Waals surface area contributed by atoms with Crippen LogP contribution in [0.15, 0.2) is 29.8 Å². The first-order chi connectivity index (χ1) is 10.2. The fourth-order valence-electron chi connectivity index (χ4n) is 2.85. The lowest BCUT2D eigenvalue weighted by Gasteiger charge is -2.13. The predicted octanol–water partition coefficient (Wildman–Crippen LogP) is 3.74. The third kappa shape index (κ3) is 2.32. The second-order valence-corrected chi connectivity index (χ2v) is 5.68. The molecule has 0 radical (unpaired) electrons. The summed E-state index contributed by atoms with van der Waals surface area (Å²) in [5, 5.41) is 5.12. The summed E-state index contributed by atoms with van der Waals surface area (Å²) in [6.45, 7) is 2.14. The minimum Gasteiger partial charge on any atom is -0.298 e. The number of nitrogens with zero attached hydrogens (tertiary/aromatic N) is 2. The monoisotopic (exact) mass is 300 g/mol. The first kappa shape index (κ1) is 14.1. The second-order valence-electron chi connectivity index (χ2n) is 5.30. The summed E-state index contributed by atoms with van der Waals surface area (Å²) in [6, 6.07) is 8.43. The molecule has 1 aliphatic rings. The summed E-state index contributed by atoms with van der Waals surface area (Å²) < 4.78 is 1.86. The quantitative estimate of drug-likeness (QED) is 0.809. The van der Waals surface area contributed by atoms with E-state index in [0.29, 0.717) is 17.0 Å². The zero-order valence-electron chi connectivity index (χ0n) is 12.2. The molecule has 1 aromatic heterocycles. The normalized spacial score (nSPS) is 14.2. The molecule has 0 unspecified atom stereocenters. The van der Waals surface area contributed by atoms with E-state index in [0.717, 1.165) is 41.6 Å². The largest absolute Gasteiger partial charge is 0.298 e. The van der Waals surface area contributed by atoms with E-state index in [4.69, 9.17) is 11.6 Å². The van der Waals surface area contributed by atoms with Crippen LogP contribution in [0, 0.1) is 0 Å². The van der Waals surface area contributed by atoms with Gasteiger partial charge in [0.25, 0.3) is 0 Å². The van der Waals surface area contributed by atoms with Gasteiger partial charge in [-0.05, 0) is 24.8 Å². The molecule has 0 spiro atoms. The second kappa shape index (κ2) is 5.49. The molecule has 1 heterocycles. The van der Waals surface area contributed by atoms with Crippen LogP contribution < -0.4 is 0 Å². The van der Waals surface area contributed by atoms with Crippen LogP contribution in [0.4, 0.5) is 0 Å². The molecule has 3 nitrogen and oxygen atoms in total. The number of halogens is 1. The van der Waals surface area contributed by atoms with Gasteiger partial charge in [-0.25, -0.2) is 0 Å². The van der Waals surface area contributed by atoms with Gasteiger partial charge in [-0.15, -0.1) is 0 Å². The van der Waals surface area contributed by atoms with Crippen molar-refractivity contribution in [1.29, 1.82) is 0 Å². The van der Waals surface area contributed by atoms with Gasteiger partial charge in [0.05, 0.1) is 16.4 Å². The summed E-state index contributed by atoms with van der Waals surface area (Å²) in [4.78, 5) is 11.1. The van der Waals surface area contributed by atoms with Gasteiger partial charge < -0.3 is 0 Å². The van der Waals surface area contributed by atoms with Gasteiger partial charge >= 0.3 is 0 Å². The van der Waals surface area contributed by atoms with Gasteiger partial charge in [-0.1, -0.05) is 42.8 Å². The van der Waals surface area contributed by atoms with E-state index >= 15 is 0 Å². The Kier molecular flexibility index (Phi) is 3.68. The van der Waals surface area contributed by atoms with Crippen molar-refractivity contribution in [3.63, 3.8) is 0 Å². The molecule has 2 aromatic rings. The van der Waals surface area contributed by atoms with Crippen molar-refractivity contribution in [3.8, 4) is 11.3 Å². The topological polar surface area (TPSA) is 34.9 Å². The fourth-order valence-corrected chi connectivity index (χ4v) is 3.19. The van der Waals surface area contributed by atoms with Crippen molar-refractivity contribution in [2.45, 2.75) is 26.2 Å². The fraction of sp³-hybridized carbons (Fsp3) is 0.294. The molecule has 0 saturated carbocycles. The van der Waals surface area contributed by atoms with Crippen LogP contribution in [0.3, 0.4) is 0 Å². The number of benzene rings is 1. The average Bonchev–Trinajstić information content (AvgIpc) is 2.85. The van der Waals surface area contributed by atoms with Crippen LogP contribution in [0.5, 0.6) is 0 Å². The minimum atomic E-state index is 0.550. The van der Waals surface area contributed by atoms with Crippen molar-refractivity contribution >= 4 is 22.9 Å². The van der Waals surface area contributed by atoms with Crippen molar-refractivity contribution in [3.05, 3.63) is 46.7 Å². The Morgan fingerprint density at radius 2 is 2.00 bits per heavy atom. The molecule has 0 bridgehead atoms. The van der Waals surface area contributed by atoms with E-state index in [-0.39, 0.29) is 0 Å². The first-order valence-corrected chi connectivity index (χ1v) is 7.52. The van der Waals surface area contributed by atoms with Crippen LogP contribution in [-0.2, 0) is 24.7 Å². The Balaban J connectivity index is 2.18. The van der Waals surface area contributed by atoms with Crippen LogP contribution in [0.1, 0.15) is 30.2 Å². The van der Waals surface area contributed by atoms with E-state index in [2.05, 4.69) is 36.3 Å². The summed E-state index contributed by atoms with van der Waals surface area (Å²) in [5.74, 6) is 0. The Morgan fingerprint density at radius 1 is 1.29 bits per heavy atom.